The number of halogens is 10. The van der Waals surface area contributed by atoms with Gasteiger partial charge < -0.3 is 14.2 Å². The summed E-state index contributed by atoms with van der Waals surface area (Å²) in [4.78, 5) is 22.9. The van der Waals surface area contributed by atoms with Gasteiger partial charge in [-0.15, -0.1) is 0 Å². The molecule has 0 heterocycles. The lowest BCUT2D eigenvalue weighted by Crippen LogP contribution is -2.44. The molecule has 49 heavy (non-hydrogen) atoms. The van der Waals surface area contributed by atoms with Crippen LogP contribution in [-0.2, 0) is 37.6 Å². The standard InChI is InChI=1S/C30H22Cl2F8N2O7/c31-23-21(9-11-27(41(43)44,25(23)47-15-13-33)17-5-1-3-7-19(17)29(35,36)37)49-22-10-12-28(42(45)46,26(24(22)32)48-16-14-34)18-6-2-4-8-20(18)30(38,39)40/h1-12,21-22H,13-16H2. The Morgan fingerprint density at radius 2 is 1.02 bits per heavy atom. The fraction of sp³-hybridized carbons (Fsp3) is 0.333. The minimum atomic E-state index is -5.10. The van der Waals surface area contributed by atoms with Crippen LogP contribution in [0.4, 0.5) is 35.1 Å². The number of nitrogens with zero attached hydrogens (tertiary/aromatic N) is 2. The van der Waals surface area contributed by atoms with E-state index in [1.54, 1.807) is 0 Å². The molecule has 264 valence electrons. The molecule has 0 bridgehead atoms. The Hall–Kier alpha value is -4.22. The van der Waals surface area contributed by atoms with Crippen molar-refractivity contribution in [3.63, 3.8) is 0 Å². The van der Waals surface area contributed by atoms with Crippen LogP contribution in [0.15, 0.2) is 94.4 Å². The van der Waals surface area contributed by atoms with Gasteiger partial charge in [-0.1, -0.05) is 59.6 Å². The molecule has 2 aromatic rings. The zero-order valence-corrected chi connectivity index (χ0v) is 26.0. The van der Waals surface area contributed by atoms with Crippen LogP contribution in [0.3, 0.4) is 0 Å². The van der Waals surface area contributed by atoms with Gasteiger partial charge >= 0.3 is 23.4 Å². The van der Waals surface area contributed by atoms with Crippen molar-refractivity contribution in [1.82, 2.24) is 0 Å². The third-order valence-electron chi connectivity index (χ3n) is 7.45. The lowest BCUT2D eigenvalue weighted by Gasteiger charge is -2.35. The summed E-state index contributed by atoms with van der Waals surface area (Å²) in [5.41, 5.74) is -10.7. The van der Waals surface area contributed by atoms with Gasteiger partial charge in [-0.05, 0) is 24.3 Å². The van der Waals surface area contributed by atoms with Crippen LogP contribution in [0.5, 0.6) is 0 Å². The number of alkyl halides is 8. The highest BCUT2D eigenvalue weighted by Crippen LogP contribution is 2.50. The first-order valence-corrected chi connectivity index (χ1v) is 14.6. The zero-order valence-electron chi connectivity index (χ0n) is 24.4. The first-order valence-electron chi connectivity index (χ1n) is 13.8. The van der Waals surface area contributed by atoms with Gasteiger partial charge in [0.15, 0.2) is 11.5 Å². The Morgan fingerprint density at radius 1 is 0.673 bits per heavy atom. The molecule has 0 saturated carbocycles. The number of hydrogen-bond acceptors (Lipinski definition) is 7. The van der Waals surface area contributed by atoms with E-state index in [9.17, 15) is 55.4 Å². The summed E-state index contributed by atoms with van der Waals surface area (Å²) in [6, 6.07) is 6.89. The lowest BCUT2D eigenvalue weighted by molar-refractivity contribution is -0.558. The van der Waals surface area contributed by atoms with Crippen LogP contribution in [0, 0.1) is 20.2 Å². The fourth-order valence-electron chi connectivity index (χ4n) is 5.44. The van der Waals surface area contributed by atoms with Crippen molar-refractivity contribution in [2.75, 3.05) is 26.6 Å². The number of nitro groups is 2. The van der Waals surface area contributed by atoms with Gasteiger partial charge in [-0.25, -0.2) is 8.78 Å². The zero-order chi connectivity index (χ0) is 36.4. The topological polar surface area (TPSA) is 114 Å². The third kappa shape index (κ3) is 6.83. The van der Waals surface area contributed by atoms with Gasteiger partial charge in [0.05, 0.1) is 32.3 Å². The van der Waals surface area contributed by atoms with Crippen LogP contribution < -0.4 is 0 Å². The first-order chi connectivity index (χ1) is 23.0. The quantitative estimate of drug-likeness (QED) is 0.0933. The van der Waals surface area contributed by atoms with E-state index >= 15 is 0 Å². The van der Waals surface area contributed by atoms with Crippen molar-refractivity contribution >= 4 is 23.2 Å². The molecule has 0 N–H and O–H groups in total. The Kier molecular flexibility index (Phi) is 11.0. The highest BCUT2D eigenvalue weighted by atomic mass is 35.5. The molecule has 0 saturated heterocycles. The van der Waals surface area contributed by atoms with E-state index in [0.717, 1.165) is 48.6 Å². The molecule has 4 atom stereocenters. The van der Waals surface area contributed by atoms with E-state index in [4.69, 9.17) is 37.4 Å². The minimum Gasteiger partial charge on any atom is -0.486 e. The summed E-state index contributed by atoms with van der Waals surface area (Å²) in [6.45, 7) is -4.31. The lowest BCUT2D eigenvalue weighted by atomic mass is 9.80. The summed E-state index contributed by atoms with van der Waals surface area (Å²) in [5.74, 6) is -1.93. The van der Waals surface area contributed by atoms with Gasteiger partial charge in [0.1, 0.15) is 38.8 Å². The molecule has 0 amide bonds. The molecular formula is C30H22Cl2F8N2O7. The second kappa shape index (κ2) is 14.3. The smallest absolute Gasteiger partial charge is 0.416 e. The number of hydrogen-bond donors (Lipinski definition) is 0. The largest absolute Gasteiger partial charge is 0.486 e. The third-order valence-corrected chi connectivity index (χ3v) is 8.23. The number of rotatable bonds is 12. The predicted molar refractivity (Wildman–Crippen MR) is 157 cm³/mol. The fourth-order valence-corrected chi connectivity index (χ4v) is 6.08. The van der Waals surface area contributed by atoms with Gasteiger partial charge in [0.2, 0.25) is 0 Å². The summed E-state index contributed by atoms with van der Waals surface area (Å²) in [7, 11) is 0. The SMILES string of the molecule is O=[N+]([O-])C1(c2ccccc2C(F)(F)F)C=CC(OC2C=CC(c3ccccc3C(F)(F)F)([N+](=O)[O-])C(OCCF)=C2Cl)C(Cl)=C1OCCF. The highest BCUT2D eigenvalue weighted by Gasteiger charge is 2.58. The molecule has 0 spiro atoms. The molecule has 0 aliphatic heterocycles. The Labute approximate surface area is 281 Å². The van der Waals surface area contributed by atoms with E-state index in [1.165, 1.54) is 0 Å². The molecule has 0 fully saturated rings. The van der Waals surface area contributed by atoms with Crippen molar-refractivity contribution in [1.29, 1.82) is 0 Å². The number of ether oxygens (including phenoxy) is 3. The van der Waals surface area contributed by atoms with Crippen molar-refractivity contribution in [2.45, 2.75) is 35.6 Å². The molecule has 0 aromatic heterocycles. The Bertz CT molecular complexity index is 1610. The normalized spacial score (nSPS) is 24.3. The maximum absolute atomic E-state index is 14.0. The summed E-state index contributed by atoms with van der Waals surface area (Å²) in [6.07, 6.45) is -10.5. The van der Waals surface area contributed by atoms with Crippen LogP contribution in [-0.4, -0.2) is 48.6 Å². The molecule has 4 rings (SSSR count). The van der Waals surface area contributed by atoms with Crippen LogP contribution >= 0.6 is 23.2 Å². The van der Waals surface area contributed by atoms with E-state index in [1.807, 2.05) is 0 Å². The highest BCUT2D eigenvalue weighted by molar-refractivity contribution is 6.31. The molecule has 4 unspecified atom stereocenters. The van der Waals surface area contributed by atoms with Crippen LogP contribution in [0.25, 0.3) is 0 Å². The average molecular weight is 745 g/mol. The summed E-state index contributed by atoms with van der Waals surface area (Å²) in [5, 5.41) is 23.6. The maximum Gasteiger partial charge on any atom is 0.416 e. The summed E-state index contributed by atoms with van der Waals surface area (Å²) < 4.78 is 127. The average Bonchev–Trinajstić information content (AvgIpc) is 3.04. The molecule has 0 radical (unpaired) electrons. The Morgan fingerprint density at radius 3 is 1.33 bits per heavy atom. The van der Waals surface area contributed by atoms with Crippen molar-refractivity contribution < 1.29 is 59.2 Å². The molecule has 2 aliphatic carbocycles. The van der Waals surface area contributed by atoms with E-state index in [-0.39, 0.29) is 0 Å². The minimum absolute atomic E-state index is 0.576. The monoisotopic (exact) mass is 744 g/mol. The summed E-state index contributed by atoms with van der Waals surface area (Å²) >= 11 is 12.9. The van der Waals surface area contributed by atoms with Gasteiger partial charge in [0, 0.05) is 22.0 Å². The Balaban J connectivity index is 1.87. The molecule has 9 nitrogen and oxygen atoms in total. The van der Waals surface area contributed by atoms with Crippen molar-refractivity contribution in [2.24, 2.45) is 0 Å². The second-order valence-corrected chi connectivity index (χ2v) is 11.1. The molecule has 19 heteroatoms. The van der Waals surface area contributed by atoms with E-state index in [2.05, 4.69) is 0 Å². The number of benzene rings is 2. The predicted octanol–water partition coefficient (Wildman–Crippen LogP) is 8.13. The van der Waals surface area contributed by atoms with E-state index < -0.39 is 116 Å². The molecule has 2 aliphatic rings. The van der Waals surface area contributed by atoms with Crippen LogP contribution in [0.1, 0.15) is 22.3 Å². The molecular weight excluding hydrogens is 723 g/mol. The van der Waals surface area contributed by atoms with Crippen molar-refractivity contribution in [3.05, 3.63) is 137 Å². The first kappa shape index (κ1) is 37.6. The maximum atomic E-state index is 14.0. The van der Waals surface area contributed by atoms with Gasteiger partial charge in [-0.3, -0.25) is 20.2 Å². The van der Waals surface area contributed by atoms with E-state index in [0.29, 0.717) is 24.3 Å². The van der Waals surface area contributed by atoms with Gasteiger partial charge in [0.25, 0.3) is 0 Å². The van der Waals surface area contributed by atoms with Crippen molar-refractivity contribution in [3.8, 4) is 0 Å². The second-order valence-electron chi connectivity index (χ2n) is 10.3. The molecule has 2 aromatic carbocycles. The van der Waals surface area contributed by atoms with Gasteiger partial charge in [-0.2, -0.15) is 26.3 Å². The van der Waals surface area contributed by atoms with Crippen LogP contribution in [0.2, 0.25) is 0 Å².